The van der Waals surface area contributed by atoms with E-state index in [2.05, 4.69) is 20.5 Å². The van der Waals surface area contributed by atoms with Crippen LogP contribution in [0, 0.1) is 0 Å². The largest absolute Gasteiger partial charge is 0.457 e. The number of benzene rings is 1. The number of ether oxygens (including phenoxy) is 1. The van der Waals surface area contributed by atoms with Crippen molar-refractivity contribution < 1.29 is 9.53 Å². The summed E-state index contributed by atoms with van der Waals surface area (Å²) in [4.78, 5) is 17.2. The maximum Gasteiger partial charge on any atom is 0.338 e. The van der Waals surface area contributed by atoms with E-state index < -0.39 is 6.04 Å². The Labute approximate surface area is 156 Å². The highest BCUT2D eigenvalue weighted by atomic mass is 16.5. The Kier molecular flexibility index (Phi) is 4.45. The van der Waals surface area contributed by atoms with Gasteiger partial charge in [0.05, 0.1) is 11.8 Å². The third-order valence-corrected chi connectivity index (χ3v) is 4.52. The van der Waals surface area contributed by atoms with Crippen LogP contribution in [0.1, 0.15) is 31.0 Å². The second kappa shape index (κ2) is 7.06. The summed E-state index contributed by atoms with van der Waals surface area (Å²) in [5.41, 5.74) is 2.99. The average molecular weight is 364 g/mol. The molecule has 1 aromatic carbocycles. The Morgan fingerprint density at radius 2 is 2.07 bits per heavy atom. The first-order valence-electron chi connectivity index (χ1n) is 8.78. The summed E-state index contributed by atoms with van der Waals surface area (Å²) in [6, 6.07) is 9.17. The van der Waals surface area contributed by atoms with Gasteiger partial charge in [0.25, 0.3) is 0 Å². The normalized spacial score (nSPS) is 16.0. The Balaban J connectivity index is 1.66. The van der Waals surface area contributed by atoms with Crippen molar-refractivity contribution in [1.29, 1.82) is 0 Å². The van der Waals surface area contributed by atoms with Crippen molar-refractivity contribution in [2.24, 2.45) is 0 Å². The van der Waals surface area contributed by atoms with Crippen LogP contribution in [0.3, 0.4) is 0 Å². The van der Waals surface area contributed by atoms with Gasteiger partial charge < -0.3 is 10.1 Å². The molecule has 27 heavy (non-hydrogen) atoms. The molecule has 1 N–H and O–H groups in total. The molecule has 138 valence electrons. The van der Waals surface area contributed by atoms with Gasteiger partial charge in [-0.25, -0.2) is 9.48 Å². The minimum absolute atomic E-state index is 0.210. The molecule has 0 spiro atoms. The Hall–Kier alpha value is -3.42. The van der Waals surface area contributed by atoms with Crippen LogP contribution in [0.4, 0.5) is 5.95 Å². The third kappa shape index (κ3) is 3.21. The van der Waals surface area contributed by atoms with Crippen LogP contribution in [-0.2, 0) is 22.7 Å². The summed E-state index contributed by atoms with van der Waals surface area (Å²) < 4.78 is 9.09. The van der Waals surface area contributed by atoms with E-state index >= 15 is 0 Å². The molecule has 3 aromatic rings. The number of hydrogen-bond acceptors (Lipinski definition) is 6. The minimum Gasteiger partial charge on any atom is -0.457 e. The van der Waals surface area contributed by atoms with Gasteiger partial charge in [-0.05, 0) is 19.4 Å². The molecule has 0 amide bonds. The van der Waals surface area contributed by atoms with Crippen LogP contribution >= 0.6 is 0 Å². The molecule has 8 heteroatoms. The molecule has 0 unspecified atom stereocenters. The maximum atomic E-state index is 13.0. The first-order chi connectivity index (χ1) is 13.2. The quantitative estimate of drug-likeness (QED) is 0.700. The number of rotatable bonds is 5. The standard InChI is InChI=1S/C19H20N6O2/c1-3-24-10-15(9-21-24)17-16(13(2)23-19-20-12-22-25(17)19)18(26)27-11-14-7-5-4-6-8-14/h4-10,12,17H,3,11H2,1-2H3,(H,20,22,23)/t17-/m0/s1. The fourth-order valence-electron chi connectivity index (χ4n) is 3.16. The first-order valence-corrected chi connectivity index (χ1v) is 8.78. The van der Waals surface area contributed by atoms with Crippen molar-refractivity contribution in [3.8, 4) is 0 Å². The monoisotopic (exact) mass is 364 g/mol. The van der Waals surface area contributed by atoms with Gasteiger partial charge in [0.1, 0.15) is 19.0 Å². The molecular weight excluding hydrogens is 344 g/mol. The lowest BCUT2D eigenvalue weighted by Crippen LogP contribution is -2.29. The predicted molar refractivity (Wildman–Crippen MR) is 98.6 cm³/mol. The summed E-state index contributed by atoms with van der Waals surface area (Å²) in [5, 5.41) is 11.8. The van der Waals surface area contributed by atoms with Gasteiger partial charge in [-0.1, -0.05) is 30.3 Å². The molecular formula is C19H20N6O2. The van der Waals surface area contributed by atoms with E-state index in [1.54, 1.807) is 10.9 Å². The molecule has 3 heterocycles. The Morgan fingerprint density at radius 3 is 2.81 bits per heavy atom. The zero-order chi connectivity index (χ0) is 18.8. The number of aromatic nitrogens is 5. The van der Waals surface area contributed by atoms with E-state index in [0.717, 1.165) is 17.7 Å². The number of nitrogens with one attached hydrogen (secondary N) is 1. The van der Waals surface area contributed by atoms with Gasteiger partial charge in [0.2, 0.25) is 5.95 Å². The highest BCUT2D eigenvalue weighted by Gasteiger charge is 2.35. The zero-order valence-electron chi connectivity index (χ0n) is 15.2. The van der Waals surface area contributed by atoms with E-state index in [0.29, 0.717) is 17.2 Å². The van der Waals surface area contributed by atoms with E-state index in [-0.39, 0.29) is 12.6 Å². The van der Waals surface area contributed by atoms with Gasteiger partial charge in [-0.3, -0.25) is 4.68 Å². The van der Waals surface area contributed by atoms with E-state index in [1.807, 2.05) is 55.1 Å². The highest BCUT2D eigenvalue weighted by Crippen LogP contribution is 2.35. The number of nitrogens with zero attached hydrogens (tertiary/aromatic N) is 5. The minimum atomic E-state index is -0.438. The summed E-state index contributed by atoms with van der Waals surface area (Å²) in [7, 11) is 0. The summed E-state index contributed by atoms with van der Waals surface area (Å²) in [5.74, 6) is 0.195. The van der Waals surface area contributed by atoms with Crippen molar-refractivity contribution in [2.75, 3.05) is 5.32 Å². The summed E-state index contributed by atoms with van der Waals surface area (Å²) >= 11 is 0. The van der Waals surface area contributed by atoms with Crippen molar-refractivity contribution in [3.05, 3.63) is 71.4 Å². The second-order valence-corrected chi connectivity index (χ2v) is 6.29. The number of allylic oxidation sites excluding steroid dienone is 1. The van der Waals surface area contributed by atoms with Crippen LogP contribution in [0.15, 0.2) is 60.3 Å². The third-order valence-electron chi connectivity index (χ3n) is 4.52. The molecule has 0 saturated heterocycles. The van der Waals surface area contributed by atoms with E-state index in [4.69, 9.17) is 4.74 Å². The maximum absolute atomic E-state index is 13.0. The van der Waals surface area contributed by atoms with Crippen LogP contribution < -0.4 is 5.32 Å². The molecule has 1 aliphatic rings. The number of fused-ring (bicyclic) bond motifs is 1. The lowest BCUT2D eigenvalue weighted by Gasteiger charge is -2.27. The van der Waals surface area contributed by atoms with E-state index in [9.17, 15) is 4.79 Å². The fourth-order valence-corrected chi connectivity index (χ4v) is 3.16. The van der Waals surface area contributed by atoms with E-state index in [1.165, 1.54) is 6.33 Å². The molecule has 2 aromatic heterocycles. The van der Waals surface area contributed by atoms with Crippen molar-refractivity contribution in [1.82, 2.24) is 24.5 Å². The number of aryl methyl sites for hydroxylation is 1. The van der Waals surface area contributed by atoms with Crippen molar-refractivity contribution >= 4 is 11.9 Å². The lowest BCUT2D eigenvalue weighted by atomic mass is 9.98. The highest BCUT2D eigenvalue weighted by molar-refractivity contribution is 5.92. The van der Waals surface area contributed by atoms with Crippen molar-refractivity contribution in [2.45, 2.75) is 33.0 Å². The molecule has 1 aliphatic heterocycles. The molecule has 0 radical (unpaired) electrons. The number of hydrogen-bond donors (Lipinski definition) is 1. The molecule has 4 rings (SSSR count). The van der Waals surface area contributed by atoms with Gasteiger partial charge in [-0.2, -0.15) is 15.2 Å². The molecule has 0 fully saturated rings. The average Bonchev–Trinajstić information content (AvgIpc) is 3.35. The zero-order valence-corrected chi connectivity index (χ0v) is 15.2. The lowest BCUT2D eigenvalue weighted by molar-refractivity contribution is -0.140. The van der Waals surface area contributed by atoms with Gasteiger partial charge >= 0.3 is 5.97 Å². The van der Waals surface area contributed by atoms with Gasteiger partial charge in [0, 0.05) is 24.0 Å². The summed E-state index contributed by atoms with van der Waals surface area (Å²) in [6.07, 6.45) is 5.13. The van der Waals surface area contributed by atoms with Crippen LogP contribution in [0.25, 0.3) is 0 Å². The Bertz CT molecular complexity index is 989. The molecule has 1 atom stereocenters. The molecule has 0 aliphatic carbocycles. The summed E-state index contributed by atoms with van der Waals surface area (Å²) in [6.45, 7) is 4.80. The van der Waals surface area contributed by atoms with Gasteiger partial charge in [0.15, 0.2) is 0 Å². The topological polar surface area (TPSA) is 86.9 Å². The number of carbonyl (C=O) groups excluding carboxylic acids is 1. The molecule has 8 nitrogen and oxygen atoms in total. The molecule has 0 bridgehead atoms. The number of carbonyl (C=O) groups is 1. The fraction of sp³-hybridized carbons (Fsp3) is 0.263. The number of anilines is 1. The first kappa shape index (κ1) is 17.0. The van der Waals surface area contributed by atoms with Gasteiger partial charge in [-0.15, -0.1) is 0 Å². The predicted octanol–water partition coefficient (Wildman–Crippen LogP) is 2.53. The van der Waals surface area contributed by atoms with Crippen LogP contribution in [-0.4, -0.2) is 30.5 Å². The number of esters is 1. The van der Waals surface area contributed by atoms with Crippen LogP contribution in [0.5, 0.6) is 0 Å². The van der Waals surface area contributed by atoms with Crippen LogP contribution in [0.2, 0.25) is 0 Å². The second-order valence-electron chi connectivity index (χ2n) is 6.29. The molecule has 0 saturated carbocycles. The van der Waals surface area contributed by atoms with Crippen molar-refractivity contribution in [3.63, 3.8) is 0 Å². The Morgan fingerprint density at radius 1 is 1.26 bits per heavy atom. The smallest absolute Gasteiger partial charge is 0.338 e. The SMILES string of the molecule is CCn1cc([C@H]2C(C(=O)OCc3ccccc3)=C(C)Nc3ncnn32)cn1.